The molecule has 1 aliphatic rings. The van der Waals surface area contributed by atoms with Crippen molar-refractivity contribution < 1.29 is 4.79 Å². The maximum Gasteiger partial charge on any atom is 0.241 e. The third-order valence-electron chi connectivity index (χ3n) is 3.06. The summed E-state index contributed by atoms with van der Waals surface area (Å²) in [6.45, 7) is 4.99. The van der Waals surface area contributed by atoms with E-state index >= 15 is 0 Å². The number of hydrogen-bond acceptors (Lipinski definition) is 2. The van der Waals surface area contributed by atoms with Crippen LogP contribution in [-0.2, 0) is 4.79 Å². The van der Waals surface area contributed by atoms with Crippen molar-refractivity contribution in [1.82, 2.24) is 5.32 Å². The van der Waals surface area contributed by atoms with Crippen molar-refractivity contribution in [1.29, 1.82) is 0 Å². The highest BCUT2D eigenvalue weighted by molar-refractivity contribution is 9.10. The molecule has 4 heteroatoms. The van der Waals surface area contributed by atoms with E-state index < -0.39 is 0 Å². The average Bonchev–Trinajstić information content (AvgIpc) is 2.76. The van der Waals surface area contributed by atoms with Gasteiger partial charge in [0.05, 0.1) is 11.7 Å². The molecule has 92 valence electrons. The summed E-state index contributed by atoms with van der Waals surface area (Å²) < 4.78 is 0.946. The van der Waals surface area contributed by atoms with Crippen LogP contribution in [0.25, 0.3) is 0 Å². The third-order valence-corrected chi connectivity index (χ3v) is 3.68. The molecule has 1 aromatic rings. The van der Waals surface area contributed by atoms with E-state index in [1.54, 1.807) is 0 Å². The Morgan fingerprint density at radius 2 is 2.24 bits per heavy atom. The molecule has 1 saturated heterocycles. The van der Waals surface area contributed by atoms with Crippen LogP contribution in [0.15, 0.2) is 16.6 Å². The number of carbonyl (C=O) groups is 1. The van der Waals surface area contributed by atoms with Gasteiger partial charge in [-0.25, -0.2) is 0 Å². The fourth-order valence-electron chi connectivity index (χ4n) is 2.19. The van der Waals surface area contributed by atoms with Gasteiger partial charge < -0.3 is 10.6 Å². The van der Waals surface area contributed by atoms with Gasteiger partial charge in [0.2, 0.25) is 5.91 Å². The minimum Gasteiger partial charge on any atom is -0.323 e. The summed E-state index contributed by atoms with van der Waals surface area (Å²) in [4.78, 5) is 12.0. The molecule has 1 aliphatic heterocycles. The van der Waals surface area contributed by atoms with Crippen LogP contribution >= 0.6 is 15.9 Å². The first kappa shape index (κ1) is 12.6. The number of amides is 1. The Balaban J connectivity index is 2.15. The first-order valence-electron chi connectivity index (χ1n) is 5.89. The van der Waals surface area contributed by atoms with Gasteiger partial charge in [0.25, 0.3) is 0 Å². The lowest BCUT2D eigenvalue weighted by atomic mass is 10.1. The summed E-state index contributed by atoms with van der Waals surface area (Å²) in [5, 5.41) is 6.20. The van der Waals surface area contributed by atoms with Crippen molar-refractivity contribution in [2.45, 2.75) is 32.7 Å². The molecule has 1 amide bonds. The van der Waals surface area contributed by atoms with Crippen molar-refractivity contribution in [2.24, 2.45) is 0 Å². The van der Waals surface area contributed by atoms with Gasteiger partial charge in [0.1, 0.15) is 0 Å². The van der Waals surface area contributed by atoms with Crippen LogP contribution in [0, 0.1) is 13.8 Å². The van der Waals surface area contributed by atoms with E-state index in [0.717, 1.165) is 35.1 Å². The van der Waals surface area contributed by atoms with E-state index in [9.17, 15) is 4.79 Å². The number of nitrogens with one attached hydrogen (secondary N) is 2. The Labute approximate surface area is 110 Å². The number of carbonyl (C=O) groups excluding carboxylic acids is 1. The van der Waals surface area contributed by atoms with E-state index in [2.05, 4.69) is 32.6 Å². The minimum atomic E-state index is -0.0393. The fourth-order valence-corrected chi connectivity index (χ4v) is 2.97. The molecular weight excluding hydrogens is 280 g/mol. The zero-order chi connectivity index (χ0) is 12.4. The molecule has 0 aromatic heterocycles. The Morgan fingerprint density at radius 1 is 1.47 bits per heavy atom. The topological polar surface area (TPSA) is 41.1 Å². The zero-order valence-corrected chi connectivity index (χ0v) is 11.7. The number of benzene rings is 1. The smallest absolute Gasteiger partial charge is 0.241 e. The SMILES string of the molecule is Cc1cc(C)c(NC(=O)C2CCCN2)c(Br)c1. The van der Waals surface area contributed by atoms with Crippen LogP contribution in [0.3, 0.4) is 0 Å². The fraction of sp³-hybridized carbons (Fsp3) is 0.462. The Morgan fingerprint density at radius 3 is 2.82 bits per heavy atom. The maximum absolute atomic E-state index is 12.0. The van der Waals surface area contributed by atoms with Crippen LogP contribution in [0.2, 0.25) is 0 Å². The lowest BCUT2D eigenvalue weighted by Gasteiger charge is -2.15. The molecule has 3 nitrogen and oxygen atoms in total. The van der Waals surface area contributed by atoms with Gasteiger partial charge in [0, 0.05) is 4.47 Å². The van der Waals surface area contributed by atoms with Crippen molar-refractivity contribution >= 4 is 27.5 Å². The van der Waals surface area contributed by atoms with Crippen molar-refractivity contribution in [3.8, 4) is 0 Å². The van der Waals surface area contributed by atoms with Gasteiger partial charge in [0.15, 0.2) is 0 Å². The summed E-state index contributed by atoms with van der Waals surface area (Å²) in [6.07, 6.45) is 2.00. The Bertz CT molecular complexity index is 416. The van der Waals surface area contributed by atoms with Crippen LogP contribution < -0.4 is 10.6 Å². The number of halogens is 1. The first-order chi connectivity index (χ1) is 8.08. The number of rotatable bonds is 2. The molecule has 0 radical (unpaired) electrons. The molecule has 0 aliphatic carbocycles. The number of hydrogen-bond donors (Lipinski definition) is 2. The molecular formula is C13H17BrN2O. The van der Waals surface area contributed by atoms with Gasteiger partial charge in [-0.05, 0) is 66.4 Å². The van der Waals surface area contributed by atoms with E-state index in [4.69, 9.17) is 0 Å². The quantitative estimate of drug-likeness (QED) is 0.881. The van der Waals surface area contributed by atoms with Crippen molar-refractivity contribution in [3.05, 3.63) is 27.7 Å². The van der Waals surface area contributed by atoms with Gasteiger partial charge >= 0.3 is 0 Å². The zero-order valence-electron chi connectivity index (χ0n) is 10.1. The first-order valence-corrected chi connectivity index (χ1v) is 6.68. The van der Waals surface area contributed by atoms with Crippen molar-refractivity contribution in [3.63, 3.8) is 0 Å². The summed E-state index contributed by atoms with van der Waals surface area (Å²) >= 11 is 3.50. The Hall–Kier alpha value is -0.870. The summed E-state index contributed by atoms with van der Waals surface area (Å²) in [6, 6.07) is 4.05. The minimum absolute atomic E-state index is 0.0393. The predicted molar refractivity (Wildman–Crippen MR) is 73.3 cm³/mol. The van der Waals surface area contributed by atoms with E-state index in [-0.39, 0.29) is 11.9 Å². The monoisotopic (exact) mass is 296 g/mol. The molecule has 1 heterocycles. The van der Waals surface area contributed by atoms with E-state index in [1.165, 1.54) is 5.56 Å². The summed E-state index contributed by atoms with van der Waals surface area (Å²) in [5.74, 6) is 0.0650. The second-order valence-electron chi connectivity index (χ2n) is 4.58. The van der Waals surface area contributed by atoms with Crippen LogP contribution in [0.4, 0.5) is 5.69 Å². The lowest BCUT2D eigenvalue weighted by Crippen LogP contribution is -2.35. The normalized spacial score (nSPS) is 19.4. The molecule has 1 unspecified atom stereocenters. The van der Waals surface area contributed by atoms with Crippen LogP contribution in [0.5, 0.6) is 0 Å². The van der Waals surface area contributed by atoms with Crippen LogP contribution in [-0.4, -0.2) is 18.5 Å². The molecule has 2 rings (SSSR count). The van der Waals surface area contributed by atoms with Gasteiger partial charge in [-0.1, -0.05) is 6.07 Å². The van der Waals surface area contributed by atoms with Gasteiger partial charge in [-0.3, -0.25) is 4.79 Å². The van der Waals surface area contributed by atoms with E-state index in [0.29, 0.717) is 0 Å². The summed E-state index contributed by atoms with van der Waals surface area (Å²) in [5.41, 5.74) is 3.16. The second kappa shape index (κ2) is 5.19. The highest BCUT2D eigenvalue weighted by atomic mass is 79.9. The Kier molecular flexibility index (Phi) is 3.84. The van der Waals surface area contributed by atoms with Crippen LogP contribution in [0.1, 0.15) is 24.0 Å². The average molecular weight is 297 g/mol. The predicted octanol–water partition coefficient (Wildman–Crippen LogP) is 2.76. The second-order valence-corrected chi connectivity index (χ2v) is 5.43. The highest BCUT2D eigenvalue weighted by Crippen LogP contribution is 2.28. The molecule has 2 N–H and O–H groups in total. The molecule has 1 aromatic carbocycles. The summed E-state index contributed by atoms with van der Waals surface area (Å²) in [7, 11) is 0. The number of anilines is 1. The van der Waals surface area contributed by atoms with Crippen molar-refractivity contribution in [2.75, 3.05) is 11.9 Å². The molecule has 0 saturated carbocycles. The largest absolute Gasteiger partial charge is 0.323 e. The maximum atomic E-state index is 12.0. The number of aryl methyl sites for hydroxylation is 2. The standard InChI is InChI=1S/C13H17BrN2O/c1-8-6-9(2)12(10(14)7-8)16-13(17)11-4-3-5-15-11/h6-7,11,15H,3-5H2,1-2H3,(H,16,17). The molecule has 0 bridgehead atoms. The van der Waals surface area contributed by atoms with Gasteiger partial charge in [-0.2, -0.15) is 0 Å². The third kappa shape index (κ3) is 2.87. The molecule has 1 atom stereocenters. The van der Waals surface area contributed by atoms with E-state index in [1.807, 2.05) is 19.9 Å². The highest BCUT2D eigenvalue weighted by Gasteiger charge is 2.22. The molecule has 0 spiro atoms. The molecule has 17 heavy (non-hydrogen) atoms. The van der Waals surface area contributed by atoms with Gasteiger partial charge in [-0.15, -0.1) is 0 Å². The molecule has 1 fully saturated rings. The lowest BCUT2D eigenvalue weighted by molar-refractivity contribution is -0.117.